The van der Waals surface area contributed by atoms with Crippen molar-refractivity contribution >= 4 is 0 Å². The molecule has 0 aromatic carbocycles. The molecule has 0 rings (SSSR count). The van der Waals surface area contributed by atoms with Crippen molar-refractivity contribution in [2.45, 2.75) is 58.8 Å². The smallest absolute Gasteiger partial charge is 0.0311 e. The van der Waals surface area contributed by atoms with Crippen LogP contribution in [0.25, 0.3) is 0 Å². The Kier molecular flexibility index (Phi) is 13.5. The molecule has 1 radical (unpaired) electrons. The minimum atomic E-state index is 1.07. The molecule has 0 spiro atoms. The van der Waals surface area contributed by atoms with E-state index in [4.69, 9.17) is 0 Å². The second-order valence-corrected chi connectivity index (χ2v) is 4.03. The van der Waals surface area contributed by atoms with Gasteiger partial charge in [0.2, 0.25) is 0 Å². The summed E-state index contributed by atoms with van der Waals surface area (Å²) in [5.41, 5.74) is 0. The molecule has 16 heavy (non-hydrogen) atoms. The van der Waals surface area contributed by atoms with Crippen molar-refractivity contribution in [2.24, 2.45) is 0 Å². The standard InChI is InChI=1S/C16H27/c1-3-5-7-9-11-13-15-16-14-12-10-8-6-4-2/h3,5,7,9,13-14,16H,4,6,8,10-12,15H2,1-2H3/b5-3+,9-7+,16-14+. The molecule has 0 saturated carbocycles. The lowest BCUT2D eigenvalue weighted by Gasteiger charge is -1.94. The van der Waals surface area contributed by atoms with Crippen LogP contribution in [0, 0.1) is 6.42 Å². The van der Waals surface area contributed by atoms with Crippen molar-refractivity contribution in [2.75, 3.05) is 0 Å². The van der Waals surface area contributed by atoms with Gasteiger partial charge in [0, 0.05) is 0 Å². The lowest BCUT2D eigenvalue weighted by molar-refractivity contribution is 0.674. The molecule has 0 unspecified atom stereocenters. The Morgan fingerprint density at radius 1 is 0.812 bits per heavy atom. The Bertz CT molecular complexity index is 196. The molecule has 0 bridgehead atoms. The lowest BCUT2D eigenvalue weighted by Crippen LogP contribution is -1.74. The molecule has 0 aliphatic heterocycles. The number of hydrogen-bond donors (Lipinski definition) is 0. The first-order valence-corrected chi connectivity index (χ1v) is 6.66. The third kappa shape index (κ3) is 13.2. The summed E-state index contributed by atoms with van der Waals surface area (Å²) < 4.78 is 0. The van der Waals surface area contributed by atoms with Crippen LogP contribution in [0.4, 0.5) is 0 Å². The van der Waals surface area contributed by atoms with E-state index < -0.39 is 0 Å². The van der Waals surface area contributed by atoms with Gasteiger partial charge < -0.3 is 0 Å². The molecule has 0 aromatic heterocycles. The van der Waals surface area contributed by atoms with Crippen LogP contribution in [-0.4, -0.2) is 0 Å². The van der Waals surface area contributed by atoms with E-state index in [0.717, 1.165) is 12.8 Å². The summed E-state index contributed by atoms with van der Waals surface area (Å²) >= 11 is 0. The van der Waals surface area contributed by atoms with Gasteiger partial charge in [-0.15, -0.1) is 0 Å². The van der Waals surface area contributed by atoms with Crippen LogP contribution >= 0.6 is 0 Å². The monoisotopic (exact) mass is 219 g/mol. The van der Waals surface area contributed by atoms with Gasteiger partial charge in [-0.25, -0.2) is 0 Å². The second-order valence-electron chi connectivity index (χ2n) is 4.03. The van der Waals surface area contributed by atoms with Gasteiger partial charge in [0.05, 0.1) is 0 Å². The van der Waals surface area contributed by atoms with Gasteiger partial charge >= 0.3 is 0 Å². The minimum Gasteiger partial charge on any atom is -0.0885 e. The van der Waals surface area contributed by atoms with Crippen molar-refractivity contribution in [3.63, 3.8) is 0 Å². The SMILES string of the molecule is C/C=C/C=C/C[CH]C/C=C/CCCCCC. The molecular formula is C16H27. The van der Waals surface area contributed by atoms with Crippen LogP contribution in [0.15, 0.2) is 36.5 Å². The van der Waals surface area contributed by atoms with Gasteiger partial charge in [-0.05, 0) is 39.0 Å². The molecular weight excluding hydrogens is 192 g/mol. The molecule has 0 atom stereocenters. The van der Waals surface area contributed by atoms with Crippen LogP contribution in [0.2, 0.25) is 0 Å². The van der Waals surface area contributed by atoms with Crippen molar-refractivity contribution in [1.82, 2.24) is 0 Å². The highest BCUT2D eigenvalue weighted by Gasteiger charge is 1.84. The van der Waals surface area contributed by atoms with Crippen molar-refractivity contribution in [3.05, 3.63) is 42.9 Å². The van der Waals surface area contributed by atoms with Crippen molar-refractivity contribution < 1.29 is 0 Å². The highest BCUT2D eigenvalue weighted by atomic mass is 13.9. The van der Waals surface area contributed by atoms with E-state index in [-0.39, 0.29) is 0 Å². The number of allylic oxidation sites excluding steroid dienone is 6. The zero-order valence-corrected chi connectivity index (χ0v) is 11.0. The molecule has 0 N–H and O–H groups in total. The maximum absolute atomic E-state index is 2.32. The van der Waals surface area contributed by atoms with E-state index in [9.17, 15) is 0 Å². The summed E-state index contributed by atoms with van der Waals surface area (Å²) in [7, 11) is 0. The van der Waals surface area contributed by atoms with Crippen LogP contribution in [0.1, 0.15) is 58.8 Å². The summed E-state index contributed by atoms with van der Waals surface area (Å²) in [6, 6.07) is 0. The van der Waals surface area contributed by atoms with Crippen LogP contribution in [-0.2, 0) is 0 Å². The average Bonchev–Trinajstić information content (AvgIpc) is 2.31. The Balaban J connectivity index is 3.15. The van der Waals surface area contributed by atoms with Crippen LogP contribution in [0.5, 0.6) is 0 Å². The largest absolute Gasteiger partial charge is 0.0885 e. The fourth-order valence-electron chi connectivity index (χ4n) is 1.46. The van der Waals surface area contributed by atoms with Crippen LogP contribution in [0.3, 0.4) is 0 Å². The van der Waals surface area contributed by atoms with E-state index in [1.807, 2.05) is 13.0 Å². The Morgan fingerprint density at radius 3 is 2.38 bits per heavy atom. The summed E-state index contributed by atoms with van der Waals surface area (Å²) in [6.45, 7) is 4.29. The predicted octanol–water partition coefficient (Wildman–Crippen LogP) is 5.63. The fourth-order valence-corrected chi connectivity index (χ4v) is 1.46. The third-order valence-corrected chi connectivity index (χ3v) is 2.44. The number of unbranched alkanes of at least 4 members (excludes halogenated alkanes) is 6. The lowest BCUT2D eigenvalue weighted by atomic mass is 10.1. The van der Waals surface area contributed by atoms with Gasteiger partial charge in [0.15, 0.2) is 0 Å². The van der Waals surface area contributed by atoms with Gasteiger partial charge in [-0.1, -0.05) is 62.6 Å². The summed E-state index contributed by atoms with van der Waals surface area (Å²) in [5, 5.41) is 0. The van der Waals surface area contributed by atoms with Gasteiger partial charge in [-0.2, -0.15) is 0 Å². The van der Waals surface area contributed by atoms with E-state index in [1.165, 1.54) is 32.1 Å². The molecule has 0 aliphatic rings. The summed E-state index contributed by atoms with van der Waals surface area (Å²) in [5.74, 6) is 0. The van der Waals surface area contributed by atoms with E-state index in [0.29, 0.717) is 0 Å². The first-order valence-electron chi connectivity index (χ1n) is 6.66. The summed E-state index contributed by atoms with van der Waals surface area (Å²) in [4.78, 5) is 0. The molecule has 0 aromatic rings. The average molecular weight is 219 g/mol. The predicted molar refractivity (Wildman–Crippen MR) is 75.4 cm³/mol. The highest BCUT2D eigenvalue weighted by Crippen LogP contribution is 2.04. The third-order valence-electron chi connectivity index (χ3n) is 2.44. The molecule has 0 heterocycles. The molecule has 91 valence electrons. The van der Waals surface area contributed by atoms with Gasteiger partial charge in [-0.3, -0.25) is 0 Å². The normalized spacial score (nSPS) is 12.4. The Labute approximate surface area is 102 Å². The maximum Gasteiger partial charge on any atom is -0.0311 e. The first-order chi connectivity index (χ1) is 7.91. The maximum atomic E-state index is 2.32. The van der Waals surface area contributed by atoms with Crippen LogP contribution < -0.4 is 0 Å². The zero-order valence-electron chi connectivity index (χ0n) is 11.0. The van der Waals surface area contributed by atoms with E-state index in [1.54, 1.807) is 0 Å². The molecule has 0 fully saturated rings. The Hall–Kier alpha value is -0.780. The summed E-state index contributed by atoms with van der Waals surface area (Å²) in [6.07, 6.45) is 24.2. The van der Waals surface area contributed by atoms with Gasteiger partial charge in [0.25, 0.3) is 0 Å². The molecule has 0 aliphatic carbocycles. The van der Waals surface area contributed by atoms with E-state index in [2.05, 4.69) is 43.7 Å². The molecule has 0 amide bonds. The quantitative estimate of drug-likeness (QED) is 0.254. The topological polar surface area (TPSA) is 0 Å². The van der Waals surface area contributed by atoms with Gasteiger partial charge in [0.1, 0.15) is 0 Å². The number of hydrogen-bond acceptors (Lipinski definition) is 0. The van der Waals surface area contributed by atoms with E-state index >= 15 is 0 Å². The molecule has 0 heteroatoms. The minimum absolute atomic E-state index is 1.07. The van der Waals surface area contributed by atoms with Crippen molar-refractivity contribution in [3.8, 4) is 0 Å². The Morgan fingerprint density at radius 2 is 1.62 bits per heavy atom. The second kappa shape index (κ2) is 14.2. The van der Waals surface area contributed by atoms with Crippen molar-refractivity contribution in [1.29, 1.82) is 0 Å². The molecule has 0 nitrogen and oxygen atoms in total. The fraction of sp³-hybridized carbons (Fsp3) is 0.562. The zero-order chi connectivity index (χ0) is 11.9. The molecule has 0 saturated heterocycles. The highest BCUT2D eigenvalue weighted by molar-refractivity contribution is 5.03. The number of rotatable bonds is 10. The first kappa shape index (κ1) is 15.2.